The van der Waals surface area contributed by atoms with Crippen molar-refractivity contribution in [2.24, 2.45) is 0 Å². The molecule has 2 aromatic carbocycles. The maximum atomic E-state index is 12.4. The highest BCUT2D eigenvalue weighted by molar-refractivity contribution is 9.10. The van der Waals surface area contributed by atoms with Crippen molar-refractivity contribution in [1.82, 2.24) is 5.32 Å². The number of benzene rings is 2. The van der Waals surface area contributed by atoms with Crippen LogP contribution in [0.3, 0.4) is 0 Å². The van der Waals surface area contributed by atoms with Crippen molar-refractivity contribution in [2.75, 3.05) is 5.32 Å². The summed E-state index contributed by atoms with van der Waals surface area (Å²) in [6.07, 6.45) is 2.57. The van der Waals surface area contributed by atoms with Crippen LogP contribution in [-0.2, 0) is 4.74 Å². The largest absolute Gasteiger partial charge is 0.446 e. The summed E-state index contributed by atoms with van der Waals surface area (Å²) in [7, 11) is 0. The second kappa shape index (κ2) is 8.85. The lowest BCUT2D eigenvalue weighted by molar-refractivity contribution is 0.0712. The van der Waals surface area contributed by atoms with E-state index in [0.29, 0.717) is 17.7 Å². The lowest BCUT2D eigenvalue weighted by Crippen LogP contribution is -2.41. The molecule has 1 aliphatic carbocycles. The Labute approximate surface area is 161 Å². The zero-order valence-corrected chi connectivity index (χ0v) is 15.9. The molecule has 2 N–H and O–H groups in total. The first-order valence-electron chi connectivity index (χ1n) is 8.70. The Hall–Kier alpha value is -2.34. The molecule has 1 saturated carbocycles. The minimum atomic E-state index is -0.459. The van der Waals surface area contributed by atoms with Crippen molar-refractivity contribution in [3.8, 4) is 0 Å². The molecule has 0 spiro atoms. The van der Waals surface area contributed by atoms with Crippen LogP contribution in [0.1, 0.15) is 36.0 Å². The number of nitrogens with one attached hydrogen (secondary N) is 2. The third kappa shape index (κ3) is 5.08. The first-order valence-corrected chi connectivity index (χ1v) is 9.49. The van der Waals surface area contributed by atoms with Crippen LogP contribution < -0.4 is 10.6 Å². The molecule has 0 aromatic heterocycles. The highest BCUT2D eigenvalue weighted by atomic mass is 79.9. The average molecular weight is 417 g/mol. The number of carbonyl (C=O) groups excluding carboxylic acids is 2. The van der Waals surface area contributed by atoms with E-state index in [1.54, 1.807) is 6.07 Å². The van der Waals surface area contributed by atoms with Crippen LogP contribution in [-0.4, -0.2) is 24.1 Å². The summed E-state index contributed by atoms with van der Waals surface area (Å²) in [6.45, 7) is 0. The van der Waals surface area contributed by atoms with Gasteiger partial charge >= 0.3 is 6.09 Å². The molecule has 1 fully saturated rings. The van der Waals surface area contributed by atoms with Gasteiger partial charge in [0.2, 0.25) is 0 Å². The molecule has 5 nitrogen and oxygen atoms in total. The minimum absolute atomic E-state index is 0.00196. The highest BCUT2D eigenvalue weighted by Crippen LogP contribution is 2.23. The number of anilines is 1. The van der Waals surface area contributed by atoms with Gasteiger partial charge in [0, 0.05) is 22.6 Å². The Morgan fingerprint density at radius 2 is 1.73 bits per heavy atom. The summed E-state index contributed by atoms with van der Waals surface area (Å²) >= 11 is 3.40. The average Bonchev–Trinajstić information content (AvgIpc) is 2.63. The van der Waals surface area contributed by atoms with Crippen molar-refractivity contribution in [1.29, 1.82) is 0 Å². The van der Waals surface area contributed by atoms with Gasteiger partial charge in [-0.3, -0.25) is 10.1 Å². The van der Waals surface area contributed by atoms with E-state index in [9.17, 15) is 9.59 Å². The molecule has 2 amide bonds. The molecule has 0 heterocycles. The third-order valence-electron chi connectivity index (χ3n) is 4.37. The summed E-state index contributed by atoms with van der Waals surface area (Å²) < 4.78 is 6.29. The van der Waals surface area contributed by atoms with Gasteiger partial charge in [-0.05, 0) is 59.5 Å². The van der Waals surface area contributed by atoms with Crippen LogP contribution in [0.2, 0.25) is 0 Å². The van der Waals surface area contributed by atoms with E-state index >= 15 is 0 Å². The van der Waals surface area contributed by atoms with Crippen LogP contribution >= 0.6 is 15.9 Å². The van der Waals surface area contributed by atoms with Gasteiger partial charge < -0.3 is 10.1 Å². The molecule has 26 heavy (non-hydrogen) atoms. The first-order chi connectivity index (χ1) is 12.6. The van der Waals surface area contributed by atoms with Gasteiger partial charge in [-0.15, -0.1) is 0 Å². The topological polar surface area (TPSA) is 67.4 Å². The monoisotopic (exact) mass is 416 g/mol. The second-order valence-corrected chi connectivity index (χ2v) is 7.19. The number of para-hydroxylation sites is 1. The van der Waals surface area contributed by atoms with E-state index in [4.69, 9.17) is 4.74 Å². The smallest absolute Gasteiger partial charge is 0.411 e. The maximum absolute atomic E-state index is 12.4. The van der Waals surface area contributed by atoms with Crippen LogP contribution in [0.15, 0.2) is 59.1 Å². The van der Waals surface area contributed by atoms with E-state index in [1.165, 1.54) is 0 Å². The van der Waals surface area contributed by atoms with Crippen LogP contribution in [0, 0.1) is 0 Å². The zero-order valence-electron chi connectivity index (χ0n) is 14.3. The molecule has 2 unspecified atom stereocenters. The van der Waals surface area contributed by atoms with Crippen molar-refractivity contribution >= 4 is 33.6 Å². The van der Waals surface area contributed by atoms with E-state index < -0.39 is 6.09 Å². The maximum Gasteiger partial charge on any atom is 0.411 e. The molecule has 2 aromatic rings. The molecule has 3 rings (SSSR count). The number of hydrogen-bond acceptors (Lipinski definition) is 3. The molecular formula is C20H21BrN2O3. The van der Waals surface area contributed by atoms with E-state index in [1.807, 2.05) is 48.5 Å². The summed E-state index contributed by atoms with van der Waals surface area (Å²) in [4.78, 5) is 24.5. The summed E-state index contributed by atoms with van der Waals surface area (Å²) in [5.41, 5.74) is 1.31. The van der Waals surface area contributed by atoms with E-state index in [2.05, 4.69) is 26.6 Å². The molecule has 136 valence electrons. The predicted molar refractivity (Wildman–Crippen MR) is 104 cm³/mol. The number of rotatable bonds is 4. The molecular weight excluding hydrogens is 396 g/mol. The lowest BCUT2D eigenvalue weighted by Gasteiger charge is -2.29. The van der Waals surface area contributed by atoms with Gasteiger partial charge in [-0.1, -0.05) is 30.3 Å². The number of hydrogen-bond donors (Lipinski definition) is 2. The molecule has 6 heteroatoms. The van der Waals surface area contributed by atoms with E-state index in [0.717, 1.165) is 23.7 Å². The highest BCUT2D eigenvalue weighted by Gasteiger charge is 2.26. The summed E-state index contributed by atoms with van der Waals surface area (Å²) in [5.74, 6) is -0.114. The standard InChI is InChI=1S/C20H21BrN2O3/c21-18-12-5-4-11-17(18)19(24)22-15-9-6-10-16(13-15)26-20(25)23-14-7-2-1-3-8-14/h1-5,7-8,11-12,15-16H,6,9-10,13H2,(H,22,24)(H,23,25). The Morgan fingerprint density at radius 3 is 2.50 bits per heavy atom. The van der Waals surface area contributed by atoms with Gasteiger partial charge in [0.25, 0.3) is 5.91 Å². The quantitative estimate of drug-likeness (QED) is 0.755. The minimum Gasteiger partial charge on any atom is -0.446 e. The van der Waals surface area contributed by atoms with Crippen molar-refractivity contribution in [3.05, 3.63) is 64.6 Å². The van der Waals surface area contributed by atoms with Crippen molar-refractivity contribution in [3.63, 3.8) is 0 Å². The number of carbonyl (C=O) groups is 2. The fourth-order valence-electron chi connectivity index (χ4n) is 3.11. The Kier molecular flexibility index (Phi) is 6.28. The van der Waals surface area contributed by atoms with Gasteiger partial charge in [-0.25, -0.2) is 4.79 Å². The van der Waals surface area contributed by atoms with Gasteiger partial charge in [-0.2, -0.15) is 0 Å². The summed E-state index contributed by atoms with van der Waals surface area (Å²) in [5, 5.41) is 5.77. The van der Waals surface area contributed by atoms with Gasteiger partial charge in [0.1, 0.15) is 6.10 Å². The Morgan fingerprint density at radius 1 is 1.00 bits per heavy atom. The fourth-order valence-corrected chi connectivity index (χ4v) is 3.58. The molecule has 0 radical (unpaired) electrons. The zero-order chi connectivity index (χ0) is 18.4. The third-order valence-corrected chi connectivity index (χ3v) is 5.07. The lowest BCUT2D eigenvalue weighted by atomic mass is 9.92. The van der Waals surface area contributed by atoms with Crippen molar-refractivity contribution in [2.45, 2.75) is 37.8 Å². The van der Waals surface area contributed by atoms with Crippen molar-refractivity contribution < 1.29 is 14.3 Å². The number of halogens is 1. The Bertz CT molecular complexity index is 767. The molecule has 2 atom stereocenters. The Balaban J connectivity index is 1.52. The second-order valence-electron chi connectivity index (χ2n) is 6.34. The van der Waals surface area contributed by atoms with E-state index in [-0.39, 0.29) is 18.1 Å². The number of ether oxygens (including phenoxy) is 1. The molecule has 0 aliphatic heterocycles. The van der Waals surface area contributed by atoms with Crippen LogP contribution in [0.5, 0.6) is 0 Å². The predicted octanol–water partition coefficient (Wildman–Crippen LogP) is 4.74. The first kappa shape index (κ1) is 18.5. The molecule has 1 aliphatic rings. The molecule has 0 saturated heterocycles. The van der Waals surface area contributed by atoms with Gasteiger partial charge in [0.05, 0.1) is 5.56 Å². The van der Waals surface area contributed by atoms with Crippen LogP contribution in [0.4, 0.5) is 10.5 Å². The number of amides is 2. The SMILES string of the molecule is O=C(Nc1ccccc1)OC1CCCC(NC(=O)c2ccccc2Br)C1. The normalized spacial score (nSPS) is 19.4. The van der Waals surface area contributed by atoms with Crippen LogP contribution in [0.25, 0.3) is 0 Å². The van der Waals surface area contributed by atoms with Gasteiger partial charge in [0.15, 0.2) is 0 Å². The molecule has 0 bridgehead atoms. The fraction of sp³-hybridized carbons (Fsp3) is 0.300. The summed E-state index contributed by atoms with van der Waals surface area (Å²) in [6, 6.07) is 16.5.